The highest BCUT2D eigenvalue weighted by Gasteiger charge is 2.32. The molecule has 1 aliphatic rings. The van der Waals surface area contributed by atoms with E-state index in [1.807, 2.05) is 0 Å². The molecule has 0 aromatic rings. The smallest absolute Gasteiger partial charge is 0.323 e. The Morgan fingerprint density at radius 2 is 2.07 bits per heavy atom. The lowest BCUT2D eigenvalue weighted by Crippen LogP contribution is -2.40. The molecule has 1 heterocycles. The molecule has 5 nitrogen and oxygen atoms in total. The van der Waals surface area contributed by atoms with Gasteiger partial charge in [0.2, 0.25) is 0 Å². The van der Waals surface area contributed by atoms with Gasteiger partial charge in [0.1, 0.15) is 6.04 Å². The number of hydrogen-bond acceptors (Lipinski definition) is 5. The summed E-state index contributed by atoms with van der Waals surface area (Å²) < 4.78 is 9.19. The molecule has 1 unspecified atom stereocenters. The van der Waals surface area contributed by atoms with E-state index >= 15 is 0 Å². The van der Waals surface area contributed by atoms with Gasteiger partial charge in [0.05, 0.1) is 20.8 Å². The van der Waals surface area contributed by atoms with E-state index in [1.54, 1.807) is 4.90 Å². The van der Waals surface area contributed by atoms with Crippen molar-refractivity contribution >= 4 is 11.9 Å². The van der Waals surface area contributed by atoms with Crippen LogP contribution in [0.2, 0.25) is 0 Å². The molecule has 0 bridgehead atoms. The van der Waals surface area contributed by atoms with Crippen LogP contribution in [0.4, 0.5) is 0 Å². The molecule has 5 heteroatoms. The van der Waals surface area contributed by atoms with Gasteiger partial charge in [0.15, 0.2) is 0 Å². The van der Waals surface area contributed by atoms with Crippen LogP contribution in [-0.4, -0.2) is 50.2 Å². The lowest BCUT2D eigenvalue weighted by molar-refractivity contribution is -0.148. The standard InChI is InChI=1S/C9H15NO4/c1-13-8(11)6-10-5-3-4-7(10)9(12)14-2/h7H,3-6H2,1-2H3. The summed E-state index contributed by atoms with van der Waals surface area (Å²) in [4.78, 5) is 24.1. The van der Waals surface area contributed by atoms with Crippen LogP contribution in [0.3, 0.4) is 0 Å². The van der Waals surface area contributed by atoms with Gasteiger partial charge in [0, 0.05) is 0 Å². The number of methoxy groups -OCH3 is 2. The van der Waals surface area contributed by atoms with Crippen LogP contribution in [-0.2, 0) is 19.1 Å². The SMILES string of the molecule is COC(=O)CN1CCCC1C(=O)OC. The molecule has 1 fully saturated rings. The van der Waals surface area contributed by atoms with E-state index in [-0.39, 0.29) is 24.5 Å². The zero-order valence-electron chi connectivity index (χ0n) is 8.49. The number of likely N-dealkylation sites (tertiary alicyclic amines) is 1. The van der Waals surface area contributed by atoms with Crippen LogP contribution in [0.25, 0.3) is 0 Å². The Bertz CT molecular complexity index is 229. The highest BCUT2D eigenvalue weighted by atomic mass is 16.5. The lowest BCUT2D eigenvalue weighted by Gasteiger charge is -2.20. The molecule has 0 spiro atoms. The van der Waals surface area contributed by atoms with Crippen molar-refractivity contribution in [3.05, 3.63) is 0 Å². The largest absolute Gasteiger partial charge is 0.468 e. The van der Waals surface area contributed by atoms with E-state index in [0.717, 1.165) is 19.4 Å². The van der Waals surface area contributed by atoms with E-state index in [1.165, 1.54) is 14.2 Å². The quantitative estimate of drug-likeness (QED) is 0.592. The van der Waals surface area contributed by atoms with Crippen molar-refractivity contribution in [2.45, 2.75) is 18.9 Å². The number of ether oxygens (including phenoxy) is 2. The fourth-order valence-corrected chi connectivity index (χ4v) is 1.65. The van der Waals surface area contributed by atoms with Crippen LogP contribution < -0.4 is 0 Å². The summed E-state index contributed by atoms with van der Waals surface area (Å²) in [5.74, 6) is -0.591. The molecule has 14 heavy (non-hydrogen) atoms. The number of nitrogens with zero attached hydrogens (tertiary/aromatic N) is 1. The summed E-state index contributed by atoms with van der Waals surface area (Å²) in [7, 11) is 2.70. The van der Waals surface area contributed by atoms with Crippen LogP contribution in [0.1, 0.15) is 12.8 Å². The molecule has 0 aromatic heterocycles. The van der Waals surface area contributed by atoms with E-state index < -0.39 is 0 Å². The lowest BCUT2D eigenvalue weighted by atomic mass is 10.2. The Morgan fingerprint density at radius 1 is 1.36 bits per heavy atom. The van der Waals surface area contributed by atoms with Gasteiger partial charge in [0.25, 0.3) is 0 Å². The normalized spacial score (nSPS) is 22.0. The molecule has 1 aliphatic heterocycles. The summed E-state index contributed by atoms with van der Waals surface area (Å²) in [6, 6.07) is -0.279. The maximum Gasteiger partial charge on any atom is 0.323 e. The first-order chi connectivity index (χ1) is 6.69. The van der Waals surface area contributed by atoms with Crippen LogP contribution in [0.15, 0.2) is 0 Å². The molecular formula is C9H15NO4. The zero-order valence-corrected chi connectivity index (χ0v) is 8.49. The highest BCUT2D eigenvalue weighted by Crippen LogP contribution is 2.17. The number of carbonyl (C=O) groups is 2. The molecule has 0 saturated carbocycles. The van der Waals surface area contributed by atoms with Gasteiger partial charge in [-0.05, 0) is 19.4 Å². The summed E-state index contributed by atoms with van der Waals surface area (Å²) >= 11 is 0. The zero-order chi connectivity index (χ0) is 10.6. The average Bonchev–Trinajstić information content (AvgIpc) is 2.64. The van der Waals surface area contributed by atoms with Gasteiger partial charge in [-0.2, -0.15) is 0 Å². The van der Waals surface area contributed by atoms with Gasteiger partial charge >= 0.3 is 11.9 Å². The minimum Gasteiger partial charge on any atom is -0.468 e. The van der Waals surface area contributed by atoms with E-state index in [2.05, 4.69) is 9.47 Å². The Kier molecular flexibility index (Phi) is 3.88. The average molecular weight is 201 g/mol. The van der Waals surface area contributed by atoms with Crippen molar-refractivity contribution in [2.75, 3.05) is 27.3 Å². The maximum absolute atomic E-state index is 11.3. The molecule has 1 atom stereocenters. The van der Waals surface area contributed by atoms with Gasteiger partial charge < -0.3 is 9.47 Å². The summed E-state index contributed by atoms with van der Waals surface area (Å²) in [6.07, 6.45) is 1.67. The Hall–Kier alpha value is -1.10. The molecule has 1 saturated heterocycles. The van der Waals surface area contributed by atoms with Crippen LogP contribution in [0, 0.1) is 0 Å². The molecule has 0 amide bonds. The third kappa shape index (κ3) is 2.45. The first-order valence-corrected chi connectivity index (χ1v) is 4.57. The molecule has 0 aromatic carbocycles. The monoisotopic (exact) mass is 201 g/mol. The van der Waals surface area contributed by atoms with Crippen molar-refractivity contribution in [1.29, 1.82) is 0 Å². The van der Waals surface area contributed by atoms with Gasteiger partial charge in [-0.1, -0.05) is 0 Å². The van der Waals surface area contributed by atoms with Gasteiger partial charge in [-0.15, -0.1) is 0 Å². The second-order valence-electron chi connectivity index (χ2n) is 3.23. The molecule has 0 radical (unpaired) electrons. The highest BCUT2D eigenvalue weighted by molar-refractivity contribution is 5.78. The third-order valence-electron chi connectivity index (χ3n) is 2.40. The Labute approximate surface area is 83.0 Å². The van der Waals surface area contributed by atoms with Gasteiger partial charge in [-0.25, -0.2) is 0 Å². The summed E-state index contributed by atoms with van der Waals surface area (Å²) in [6.45, 7) is 0.908. The Morgan fingerprint density at radius 3 is 2.64 bits per heavy atom. The Balaban J connectivity index is 2.51. The molecule has 0 aliphatic carbocycles. The topological polar surface area (TPSA) is 55.8 Å². The van der Waals surface area contributed by atoms with E-state index in [0.29, 0.717) is 0 Å². The first kappa shape index (κ1) is 11.0. The van der Waals surface area contributed by atoms with E-state index in [4.69, 9.17) is 0 Å². The predicted octanol–water partition coefficient (Wildman–Crippen LogP) is -0.203. The van der Waals surface area contributed by atoms with Gasteiger partial charge in [-0.3, -0.25) is 14.5 Å². The summed E-state index contributed by atoms with van der Waals surface area (Å²) in [5.41, 5.74) is 0. The summed E-state index contributed by atoms with van der Waals surface area (Å²) in [5, 5.41) is 0. The number of rotatable bonds is 3. The second-order valence-corrected chi connectivity index (χ2v) is 3.23. The first-order valence-electron chi connectivity index (χ1n) is 4.57. The van der Waals surface area contributed by atoms with E-state index in [9.17, 15) is 9.59 Å². The van der Waals surface area contributed by atoms with Crippen molar-refractivity contribution < 1.29 is 19.1 Å². The number of carbonyl (C=O) groups excluding carboxylic acids is 2. The third-order valence-corrected chi connectivity index (χ3v) is 2.40. The maximum atomic E-state index is 11.3. The second kappa shape index (κ2) is 4.95. The molecule has 1 rings (SSSR count). The van der Waals surface area contributed by atoms with Crippen molar-refractivity contribution in [3.63, 3.8) is 0 Å². The minimum absolute atomic E-state index is 0.163. The molecule has 80 valence electrons. The van der Waals surface area contributed by atoms with Crippen molar-refractivity contribution in [1.82, 2.24) is 4.90 Å². The fraction of sp³-hybridized carbons (Fsp3) is 0.778. The molecule has 0 N–H and O–H groups in total. The number of hydrogen-bond donors (Lipinski definition) is 0. The van der Waals surface area contributed by atoms with Crippen LogP contribution >= 0.6 is 0 Å². The fourth-order valence-electron chi connectivity index (χ4n) is 1.65. The minimum atomic E-state index is -0.319. The van der Waals surface area contributed by atoms with Crippen LogP contribution in [0.5, 0.6) is 0 Å². The molecular weight excluding hydrogens is 186 g/mol. The van der Waals surface area contributed by atoms with Crippen molar-refractivity contribution in [2.24, 2.45) is 0 Å². The predicted molar refractivity (Wildman–Crippen MR) is 48.6 cm³/mol. The van der Waals surface area contributed by atoms with Crippen molar-refractivity contribution in [3.8, 4) is 0 Å². The number of esters is 2.